The number of ether oxygens (including phenoxy) is 2. The van der Waals surface area contributed by atoms with E-state index in [9.17, 15) is 14.0 Å². The molecule has 3 aromatic rings. The summed E-state index contributed by atoms with van der Waals surface area (Å²) in [5.74, 6) is 0.145. The fourth-order valence-electron chi connectivity index (χ4n) is 3.18. The molecule has 4 rings (SSSR count). The zero-order valence-corrected chi connectivity index (χ0v) is 18.6. The molecule has 0 atom stereocenters. The van der Waals surface area contributed by atoms with Gasteiger partial charge in [-0.3, -0.25) is 4.79 Å². The molecule has 0 saturated carbocycles. The van der Waals surface area contributed by atoms with E-state index in [1.807, 2.05) is 6.07 Å². The maximum Gasteiger partial charge on any atom is 0.333 e. The van der Waals surface area contributed by atoms with Gasteiger partial charge in [0.05, 0.1) is 12.8 Å². The van der Waals surface area contributed by atoms with E-state index in [0.717, 1.165) is 10.5 Å². The van der Waals surface area contributed by atoms with Crippen LogP contribution in [-0.2, 0) is 11.4 Å². The minimum absolute atomic E-state index is 0.140. The van der Waals surface area contributed by atoms with Crippen LogP contribution in [0.25, 0.3) is 6.08 Å². The summed E-state index contributed by atoms with van der Waals surface area (Å²) in [4.78, 5) is 26.3. The second-order valence-corrected chi connectivity index (χ2v) is 7.76. The number of benzene rings is 3. The summed E-state index contributed by atoms with van der Waals surface area (Å²) in [5.41, 5.74) is 2.05. The monoisotopic (exact) mass is 496 g/mol. The molecule has 1 aliphatic heterocycles. The normalized spacial score (nSPS) is 14.6. The molecule has 1 saturated heterocycles. The largest absolute Gasteiger partial charge is 0.493 e. The molecular weight excluding hydrogens is 479 g/mol. The lowest BCUT2D eigenvalue weighted by Gasteiger charge is -2.13. The van der Waals surface area contributed by atoms with Crippen molar-refractivity contribution in [1.29, 1.82) is 0 Å². The number of carbonyl (C=O) groups excluding carboxylic acids is 2. The van der Waals surface area contributed by atoms with Gasteiger partial charge >= 0.3 is 6.03 Å². The predicted octanol–water partition coefficient (Wildman–Crippen LogP) is 5.27. The Balaban J connectivity index is 1.57. The van der Waals surface area contributed by atoms with Crippen molar-refractivity contribution in [3.8, 4) is 11.5 Å². The van der Waals surface area contributed by atoms with Gasteiger partial charge in [0.25, 0.3) is 5.91 Å². The van der Waals surface area contributed by atoms with Gasteiger partial charge in [-0.2, -0.15) is 0 Å². The number of hydrogen-bond donors (Lipinski definition) is 1. The van der Waals surface area contributed by atoms with Crippen molar-refractivity contribution >= 4 is 39.6 Å². The number of urea groups is 1. The van der Waals surface area contributed by atoms with Crippen LogP contribution in [0.3, 0.4) is 0 Å². The van der Waals surface area contributed by atoms with Crippen molar-refractivity contribution in [1.82, 2.24) is 5.32 Å². The number of halogens is 2. The lowest BCUT2D eigenvalue weighted by molar-refractivity contribution is -0.113. The van der Waals surface area contributed by atoms with Gasteiger partial charge in [-0.25, -0.2) is 14.1 Å². The first-order valence-corrected chi connectivity index (χ1v) is 10.4. The van der Waals surface area contributed by atoms with Crippen LogP contribution in [0, 0.1) is 5.82 Å². The molecule has 3 amide bonds. The average molecular weight is 497 g/mol. The molecule has 1 aliphatic rings. The highest BCUT2D eigenvalue weighted by Crippen LogP contribution is 2.35. The Morgan fingerprint density at radius 3 is 2.44 bits per heavy atom. The second-order valence-electron chi connectivity index (χ2n) is 6.90. The highest BCUT2D eigenvalue weighted by Gasteiger charge is 2.34. The fraction of sp³-hybridized carbons (Fsp3) is 0.0833. The number of methoxy groups -OCH3 is 1. The maximum atomic E-state index is 13.1. The van der Waals surface area contributed by atoms with Crippen molar-refractivity contribution in [2.45, 2.75) is 6.61 Å². The number of rotatable bonds is 6. The predicted molar refractivity (Wildman–Crippen MR) is 122 cm³/mol. The van der Waals surface area contributed by atoms with Gasteiger partial charge in [0.2, 0.25) is 0 Å². The highest BCUT2D eigenvalue weighted by atomic mass is 79.9. The molecule has 0 spiro atoms. The molecule has 3 aromatic carbocycles. The van der Waals surface area contributed by atoms with Crippen LogP contribution in [0.2, 0.25) is 0 Å². The lowest BCUT2D eigenvalue weighted by Crippen LogP contribution is -2.30. The Morgan fingerprint density at radius 2 is 1.75 bits per heavy atom. The SMILES string of the molecule is COc1cc(/C=C2/NC(=O)N(c3ccccc3)C2=O)c(Br)cc1OCc1ccc(F)cc1. The lowest BCUT2D eigenvalue weighted by atomic mass is 10.1. The van der Waals surface area contributed by atoms with E-state index >= 15 is 0 Å². The number of carbonyl (C=O) groups is 2. The quantitative estimate of drug-likeness (QED) is 0.372. The smallest absolute Gasteiger partial charge is 0.333 e. The molecule has 1 N–H and O–H groups in total. The van der Waals surface area contributed by atoms with Crippen LogP contribution in [0.4, 0.5) is 14.9 Å². The number of imide groups is 1. The number of amides is 3. The van der Waals surface area contributed by atoms with Gasteiger partial charge in [0.15, 0.2) is 11.5 Å². The van der Waals surface area contributed by atoms with E-state index in [2.05, 4.69) is 21.2 Å². The molecule has 1 heterocycles. The van der Waals surface area contributed by atoms with Crippen LogP contribution in [0.15, 0.2) is 76.9 Å². The summed E-state index contributed by atoms with van der Waals surface area (Å²) < 4.78 is 25.0. The molecule has 0 bridgehead atoms. The van der Waals surface area contributed by atoms with E-state index in [-0.39, 0.29) is 18.1 Å². The van der Waals surface area contributed by atoms with E-state index in [1.165, 1.54) is 19.2 Å². The van der Waals surface area contributed by atoms with Gasteiger partial charge in [-0.05, 0) is 53.6 Å². The zero-order valence-electron chi connectivity index (χ0n) is 17.0. The van der Waals surface area contributed by atoms with Gasteiger partial charge < -0.3 is 14.8 Å². The first-order valence-electron chi connectivity index (χ1n) is 9.63. The van der Waals surface area contributed by atoms with E-state index < -0.39 is 11.9 Å². The molecule has 32 heavy (non-hydrogen) atoms. The van der Waals surface area contributed by atoms with Crippen LogP contribution in [0.1, 0.15) is 11.1 Å². The van der Waals surface area contributed by atoms with Crippen LogP contribution in [0.5, 0.6) is 11.5 Å². The molecule has 162 valence electrons. The molecule has 0 aliphatic carbocycles. The number of nitrogens with zero attached hydrogens (tertiary/aromatic N) is 1. The highest BCUT2D eigenvalue weighted by molar-refractivity contribution is 9.10. The Kier molecular flexibility index (Phi) is 6.23. The number of para-hydroxylation sites is 1. The van der Waals surface area contributed by atoms with E-state index in [1.54, 1.807) is 54.6 Å². The van der Waals surface area contributed by atoms with Crippen LogP contribution >= 0.6 is 15.9 Å². The Hall–Kier alpha value is -3.65. The molecule has 0 aromatic heterocycles. The average Bonchev–Trinajstić information content (AvgIpc) is 3.08. The van der Waals surface area contributed by atoms with Gasteiger partial charge in [0.1, 0.15) is 18.1 Å². The van der Waals surface area contributed by atoms with Crippen molar-refractivity contribution < 1.29 is 23.5 Å². The summed E-state index contributed by atoms with van der Waals surface area (Å²) in [7, 11) is 1.50. The molecular formula is C24H18BrFN2O4. The van der Waals surface area contributed by atoms with Gasteiger partial charge in [-0.15, -0.1) is 0 Å². The fourth-order valence-corrected chi connectivity index (χ4v) is 3.61. The van der Waals surface area contributed by atoms with Gasteiger partial charge in [-0.1, -0.05) is 46.3 Å². The first-order chi connectivity index (χ1) is 15.5. The molecule has 8 heteroatoms. The summed E-state index contributed by atoms with van der Waals surface area (Å²) in [6, 6.07) is 17.6. The van der Waals surface area contributed by atoms with Crippen LogP contribution in [-0.4, -0.2) is 19.0 Å². The first kappa shape index (κ1) is 21.6. The summed E-state index contributed by atoms with van der Waals surface area (Å²) in [6.07, 6.45) is 1.57. The third kappa shape index (κ3) is 4.50. The summed E-state index contributed by atoms with van der Waals surface area (Å²) in [6.45, 7) is 0.226. The minimum atomic E-state index is -0.519. The summed E-state index contributed by atoms with van der Waals surface area (Å²) in [5, 5.41) is 2.61. The van der Waals surface area contributed by atoms with Crippen LogP contribution < -0.4 is 19.7 Å². The third-order valence-electron chi connectivity index (χ3n) is 4.78. The number of hydrogen-bond acceptors (Lipinski definition) is 4. The maximum absolute atomic E-state index is 13.1. The molecule has 0 radical (unpaired) electrons. The Morgan fingerprint density at radius 1 is 1.03 bits per heavy atom. The van der Waals surface area contributed by atoms with Crippen molar-refractivity contribution in [2.75, 3.05) is 12.0 Å². The number of nitrogens with one attached hydrogen (secondary N) is 1. The third-order valence-corrected chi connectivity index (χ3v) is 5.47. The van der Waals surface area contributed by atoms with Crippen molar-refractivity contribution in [2.24, 2.45) is 0 Å². The standard InChI is InChI=1S/C24H18BrFN2O4/c1-31-21-12-16(19(25)13-22(21)32-14-15-7-9-17(26)10-8-15)11-20-23(29)28(24(30)27-20)18-5-3-2-4-6-18/h2-13H,14H2,1H3,(H,27,30)/b20-11+. The van der Waals surface area contributed by atoms with Crippen molar-refractivity contribution in [3.05, 3.63) is 93.8 Å². The zero-order chi connectivity index (χ0) is 22.7. The molecule has 0 unspecified atom stereocenters. The van der Waals surface area contributed by atoms with Crippen molar-refractivity contribution in [3.63, 3.8) is 0 Å². The molecule has 1 fully saturated rings. The Labute approximate surface area is 192 Å². The van der Waals surface area contributed by atoms with E-state index in [0.29, 0.717) is 27.2 Å². The number of anilines is 1. The topological polar surface area (TPSA) is 67.9 Å². The molecule has 6 nitrogen and oxygen atoms in total. The van der Waals surface area contributed by atoms with Gasteiger partial charge in [0, 0.05) is 4.47 Å². The van der Waals surface area contributed by atoms with E-state index in [4.69, 9.17) is 9.47 Å². The Bertz CT molecular complexity index is 1200. The summed E-state index contributed by atoms with van der Waals surface area (Å²) >= 11 is 3.48. The second kappa shape index (κ2) is 9.23. The minimum Gasteiger partial charge on any atom is -0.493 e.